The second kappa shape index (κ2) is 8.60. The van der Waals surface area contributed by atoms with Crippen molar-refractivity contribution in [2.45, 2.75) is 32.6 Å². The highest BCUT2D eigenvalue weighted by molar-refractivity contribution is 5.79. The predicted molar refractivity (Wildman–Crippen MR) is 100 cm³/mol. The monoisotopic (exact) mass is 338 g/mol. The van der Waals surface area contributed by atoms with Gasteiger partial charge in [0, 0.05) is 37.6 Å². The van der Waals surface area contributed by atoms with Crippen LogP contribution in [-0.4, -0.2) is 35.5 Å². The molecule has 1 unspecified atom stereocenters. The largest absolute Gasteiger partial charge is 0.356 e. The van der Waals surface area contributed by atoms with Gasteiger partial charge in [-0.2, -0.15) is 0 Å². The second-order valence-electron chi connectivity index (χ2n) is 6.57. The highest BCUT2D eigenvalue weighted by Crippen LogP contribution is 2.22. The van der Waals surface area contributed by atoms with Gasteiger partial charge in [-0.1, -0.05) is 43.7 Å². The number of amides is 1. The number of carbonyl (C=O) groups is 1. The van der Waals surface area contributed by atoms with E-state index in [1.54, 1.807) is 0 Å². The smallest absolute Gasteiger partial charge is 0.225 e. The van der Waals surface area contributed by atoms with E-state index >= 15 is 0 Å². The molecule has 1 N–H and O–H groups in total. The van der Waals surface area contributed by atoms with E-state index in [0.717, 1.165) is 49.9 Å². The summed E-state index contributed by atoms with van der Waals surface area (Å²) < 4.78 is 0. The average molecular weight is 338 g/mol. The Bertz CT molecular complexity index is 672. The maximum absolute atomic E-state index is 12.3. The molecule has 2 heterocycles. The standard InChI is InChI=1S/C20H26N4O/c1-2-3-11-21-19(25)17-10-7-12-24(15-17)20-22-13-18(14-23-20)16-8-5-4-6-9-16/h4-6,8-9,13-14,17H,2-3,7,10-12,15H2,1H3,(H,21,25). The van der Waals surface area contributed by atoms with E-state index in [1.807, 2.05) is 30.6 Å². The first-order chi connectivity index (χ1) is 12.3. The molecule has 0 saturated carbocycles. The van der Waals surface area contributed by atoms with E-state index in [-0.39, 0.29) is 11.8 Å². The Hall–Kier alpha value is -2.43. The summed E-state index contributed by atoms with van der Waals surface area (Å²) in [5.41, 5.74) is 2.12. The molecule has 1 atom stereocenters. The maximum Gasteiger partial charge on any atom is 0.225 e. The van der Waals surface area contributed by atoms with Crippen molar-refractivity contribution in [3.05, 3.63) is 42.7 Å². The molecule has 1 aromatic carbocycles. The number of benzene rings is 1. The molecule has 1 aliphatic heterocycles. The van der Waals surface area contributed by atoms with E-state index in [4.69, 9.17) is 0 Å². The van der Waals surface area contributed by atoms with Crippen LogP contribution in [0.2, 0.25) is 0 Å². The van der Waals surface area contributed by atoms with Crippen molar-refractivity contribution in [2.75, 3.05) is 24.5 Å². The van der Waals surface area contributed by atoms with Crippen molar-refractivity contribution in [2.24, 2.45) is 5.92 Å². The lowest BCUT2D eigenvalue weighted by Crippen LogP contribution is -2.43. The molecule has 1 aromatic heterocycles. The van der Waals surface area contributed by atoms with Gasteiger partial charge in [0.25, 0.3) is 0 Å². The topological polar surface area (TPSA) is 58.1 Å². The Balaban J connectivity index is 1.62. The summed E-state index contributed by atoms with van der Waals surface area (Å²) in [6.45, 7) is 4.51. The summed E-state index contributed by atoms with van der Waals surface area (Å²) in [7, 11) is 0. The van der Waals surface area contributed by atoms with Crippen molar-refractivity contribution < 1.29 is 4.79 Å². The first-order valence-electron chi connectivity index (χ1n) is 9.18. The van der Waals surface area contributed by atoms with Crippen LogP contribution >= 0.6 is 0 Å². The van der Waals surface area contributed by atoms with Gasteiger partial charge in [0.05, 0.1) is 5.92 Å². The normalized spacial score (nSPS) is 17.3. The summed E-state index contributed by atoms with van der Waals surface area (Å²) in [6, 6.07) is 10.1. The Labute approximate surface area is 149 Å². The van der Waals surface area contributed by atoms with Gasteiger partial charge >= 0.3 is 0 Å². The Morgan fingerprint density at radius 3 is 2.68 bits per heavy atom. The first kappa shape index (κ1) is 17.4. The van der Waals surface area contributed by atoms with E-state index in [9.17, 15) is 4.79 Å². The molecule has 1 saturated heterocycles. The Morgan fingerprint density at radius 2 is 1.96 bits per heavy atom. The third-order valence-corrected chi connectivity index (χ3v) is 4.65. The molecule has 0 spiro atoms. The number of unbranched alkanes of at least 4 members (excludes halogenated alkanes) is 1. The van der Waals surface area contributed by atoms with Crippen LogP contribution in [0.1, 0.15) is 32.6 Å². The molecule has 132 valence electrons. The lowest BCUT2D eigenvalue weighted by Gasteiger charge is -2.32. The van der Waals surface area contributed by atoms with Gasteiger partial charge in [0.15, 0.2) is 0 Å². The molecular weight excluding hydrogens is 312 g/mol. The molecular formula is C20H26N4O. The molecule has 3 rings (SSSR count). The number of rotatable bonds is 6. The number of aromatic nitrogens is 2. The lowest BCUT2D eigenvalue weighted by molar-refractivity contribution is -0.125. The van der Waals surface area contributed by atoms with Crippen LogP contribution in [0.5, 0.6) is 0 Å². The summed E-state index contributed by atoms with van der Waals surface area (Å²) in [5, 5.41) is 3.05. The minimum atomic E-state index is 0.0306. The Kier molecular flexibility index (Phi) is 5.99. The van der Waals surface area contributed by atoms with Gasteiger partial charge in [0.1, 0.15) is 0 Å². The number of anilines is 1. The number of nitrogens with one attached hydrogen (secondary N) is 1. The number of piperidine rings is 1. The highest BCUT2D eigenvalue weighted by Gasteiger charge is 2.26. The zero-order valence-corrected chi connectivity index (χ0v) is 14.8. The van der Waals surface area contributed by atoms with E-state index in [1.165, 1.54) is 0 Å². The van der Waals surface area contributed by atoms with Gasteiger partial charge in [-0.25, -0.2) is 9.97 Å². The molecule has 1 fully saturated rings. The summed E-state index contributed by atoms with van der Waals surface area (Å²) in [5.74, 6) is 0.910. The maximum atomic E-state index is 12.3. The van der Waals surface area contributed by atoms with E-state index in [2.05, 4.69) is 39.2 Å². The van der Waals surface area contributed by atoms with Crippen molar-refractivity contribution >= 4 is 11.9 Å². The fraction of sp³-hybridized carbons (Fsp3) is 0.450. The lowest BCUT2D eigenvalue weighted by atomic mass is 9.97. The van der Waals surface area contributed by atoms with Crippen LogP contribution in [-0.2, 0) is 4.79 Å². The molecule has 0 bridgehead atoms. The molecule has 0 aliphatic carbocycles. The third-order valence-electron chi connectivity index (χ3n) is 4.65. The van der Waals surface area contributed by atoms with Crippen LogP contribution in [0.25, 0.3) is 11.1 Å². The van der Waals surface area contributed by atoms with Gasteiger partial charge in [0.2, 0.25) is 11.9 Å². The average Bonchev–Trinajstić information content (AvgIpc) is 2.69. The Morgan fingerprint density at radius 1 is 1.20 bits per heavy atom. The molecule has 1 aliphatic rings. The molecule has 1 amide bonds. The SMILES string of the molecule is CCCCNC(=O)C1CCCN(c2ncc(-c3ccccc3)cn2)C1. The molecule has 5 nitrogen and oxygen atoms in total. The van der Waals surface area contributed by atoms with Crippen LogP contribution in [0, 0.1) is 5.92 Å². The third kappa shape index (κ3) is 4.56. The van der Waals surface area contributed by atoms with E-state index in [0.29, 0.717) is 12.5 Å². The number of hydrogen-bond acceptors (Lipinski definition) is 4. The summed E-state index contributed by atoms with van der Waals surface area (Å²) >= 11 is 0. The van der Waals surface area contributed by atoms with Crippen molar-refractivity contribution in [1.29, 1.82) is 0 Å². The van der Waals surface area contributed by atoms with Gasteiger partial charge in [-0.3, -0.25) is 4.79 Å². The molecule has 5 heteroatoms. The molecule has 0 radical (unpaired) electrons. The molecule has 25 heavy (non-hydrogen) atoms. The fourth-order valence-electron chi connectivity index (χ4n) is 3.17. The quantitative estimate of drug-likeness (QED) is 0.821. The summed E-state index contributed by atoms with van der Waals surface area (Å²) in [4.78, 5) is 23.5. The first-order valence-corrected chi connectivity index (χ1v) is 9.18. The zero-order valence-electron chi connectivity index (χ0n) is 14.8. The number of nitrogens with zero attached hydrogens (tertiary/aromatic N) is 3. The van der Waals surface area contributed by atoms with Gasteiger partial charge in [-0.15, -0.1) is 0 Å². The van der Waals surface area contributed by atoms with Crippen molar-refractivity contribution in [3.63, 3.8) is 0 Å². The van der Waals surface area contributed by atoms with Gasteiger partial charge in [-0.05, 0) is 24.8 Å². The predicted octanol–water partition coefficient (Wildman–Crippen LogP) is 3.28. The zero-order chi connectivity index (χ0) is 17.5. The van der Waals surface area contributed by atoms with Crippen molar-refractivity contribution in [3.8, 4) is 11.1 Å². The number of hydrogen-bond donors (Lipinski definition) is 1. The van der Waals surface area contributed by atoms with E-state index < -0.39 is 0 Å². The molecule has 2 aromatic rings. The minimum absolute atomic E-state index is 0.0306. The van der Waals surface area contributed by atoms with Crippen molar-refractivity contribution in [1.82, 2.24) is 15.3 Å². The fourth-order valence-corrected chi connectivity index (χ4v) is 3.17. The summed E-state index contributed by atoms with van der Waals surface area (Å²) in [6.07, 6.45) is 7.79. The highest BCUT2D eigenvalue weighted by atomic mass is 16.1. The van der Waals surface area contributed by atoms with Gasteiger partial charge < -0.3 is 10.2 Å². The number of carbonyl (C=O) groups excluding carboxylic acids is 1. The second-order valence-corrected chi connectivity index (χ2v) is 6.57. The van der Waals surface area contributed by atoms with Crippen LogP contribution in [0.15, 0.2) is 42.7 Å². The van der Waals surface area contributed by atoms with Crippen LogP contribution in [0.4, 0.5) is 5.95 Å². The minimum Gasteiger partial charge on any atom is -0.356 e. The van der Waals surface area contributed by atoms with Crippen LogP contribution in [0.3, 0.4) is 0 Å². The van der Waals surface area contributed by atoms with Crippen LogP contribution < -0.4 is 10.2 Å².